The molecule has 19 heteroatoms. The maximum Gasteiger partial charge on any atom is 0.490 e. The lowest BCUT2D eigenvalue weighted by Gasteiger charge is -2.24. The molecule has 0 fully saturated rings. The van der Waals surface area contributed by atoms with Crippen LogP contribution in [-0.4, -0.2) is 80.3 Å². The van der Waals surface area contributed by atoms with E-state index in [1.807, 2.05) is 61.7 Å². The van der Waals surface area contributed by atoms with Crippen molar-refractivity contribution in [1.82, 2.24) is 26.3 Å². The normalized spacial score (nSPS) is 13.5. The standard InChI is InChI=1S/C35H43N7O5S2.C2HF3O2/c1-22(25-9-7-6-8-10-25)40-34(44)27-15-28(17-32(16-27)42(4)49(5,46)47)35(45)41-30(18-31-20-48-21-38-31)19-37-24(3)33(43)39-23(2)26-11-13-29(36)14-12-26;3-2(4,5)1(6)7/h6-17,20-24,30,37H,18-19,36H2,1-5H3,(H,39,43)(H,40,44)(H,41,45);(H,6,7)/t22-,23-,24+,30+;/m1./s1. The van der Waals surface area contributed by atoms with E-state index in [-0.39, 0.29) is 41.3 Å². The first-order valence-corrected chi connectivity index (χ1v) is 19.8. The van der Waals surface area contributed by atoms with Gasteiger partial charge in [-0.25, -0.2) is 18.2 Å². The molecule has 0 aliphatic carbocycles. The van der Waals surface area contributed by atoms with Gasteiger partial charge in [-0.15, -0.1) is 11.3 Å². The van der Waals surface area contributed by atoms with Gasteiger partial charge in [0.2, 0.25) is 15.9 Å². The number of anilines is 2. The molecule has 7 N–H and O–H groups in total. The molecule has 0 aliphatic heterocycles. The summed E-state index contributed by atoms with van der Waals surface area (Å²) in [5.74, 6) is -3.97. The van der Waals surface area contributed by atoms with E-state index >= 15 is 0 Å². The Bertz CT molecular complexity index is 2050. The van der Waals surface area contributed by atoms with Crippen molar-refractivity contribution >= 4 is 56.4 Å². The molecule has 3 aromatic carbocycles. The molecule has 3 amide bonds. The second-order valence-corrected chi connectivity index (χ2v) is 15.5. The van der Waals surface area contributed by atoms with E-state index < -0.39 is 46.1 Å². The van der Waals surface area contributed by atoms with Gasteiger partial charge in [-0.05, 0) is 62.2 Å². The van der Waals surface area contributed by atoms with E-state index in [2.05, 4.69) is 26.3 Å². The Morgan fingerprint density at radius 2 is 1.41 bits per heavy atom. The van der Waals surface area contributed by atoms with Crippen LogP contribution in [0.2, 0.25) is 0 Å². The quantitative estimate of drug-likeness (QED) is 0.0929. The van der Waals surface area contributed by atoms with E-state index in [1.54, 1.807) is 24.6 Å². The Morgan fingerprint density at radius 3 is 1.93 bits per heavy atom. The zero-order chi connectivity index (χ0) is 41.8. The van der Waals surface area contributed by atoms with Gasteiger partial charge in [-0.1, -0.05) is 42.5 Å². The van der Waals surface area contributed by atoms with Gasteiger partial charge in [0.1, 0.15) is 0 Å². The number of halogens is 3. The number of thiazole rings is 1. The van der Waals surface area contributed by atoms with Gasteiger partial charge in [0.05, 0.1) is 41.3 Å². The SMILES string of the molecule is C[C@H](NC[C@H](Cc1cscn1)NC(=O)c1cc(C(=O)N[C@H](C)c2ccccc2)cc(N(C)S(C)(=O)=O)c1)C(=O)N[C@H](C)c1ccc(N)cc1.O=C(O)C(F)(F)F. The fraction of sp³-hybridized carbons (Fsp3) is 0.324. The van der Waals surface area contributed by atoms with Crippen molar-refractivity contribution in [2.24, 2.45) is 0 Å². The van der Waals surface area contributed by atoms with Crippen molar-refractivity contribution < 1.29 is 45.9 Å². The average Bonchev–Trinajstić information content (AvgIpc) is 3.66. The smallest absolute Gasteiger partial charge is 0.475 e. The molecule has 302 valence electrons. The number of aliphatic carboxylic acids is 1. The zero-order valence-corrected chi connectivity index (χ0v) is 32.8. The number of nitrogen functional groups attached to an aromatic ring is 1. The third-order valence-corrected chi connectivity index (χ3v) is 10.2. The molecule has 0 unspecified atom stereocenters. The van der Waals surface area contributed by atoms with Gasteiger partial charge in [0, 0.05) is 48.2 Å². The van der Waals surface area contributed by atoms with Crippen LogP contribution in [0.15, 0.2) is 83.7 Å². The fourth-order valence-electron chi connectivity index (χ4n) is 5.00. The highest BCUT2D eigenvalue weighted by molar-refractivity contribution is 7.92. The summed E-state index contributed by atoms with van der Waals surface area (Å²) >= 11 is 1.42. The molecule has 56 heavy (non-hydrogen) atoms. The lowest BCUT2D eigenvalue weighted by molar-refractivity contribution is -0.192. The zero-order valence-electron chi connectivity index (χ0n) is 31.1. The summed E-state index contributed by atoms with van der Waals surface area (Å²) in [7, 11) is -2.35. The number of nitrogens with one attached hydrogen (secondary N) is 4. The minimum Gasteiger partial charge on any atom is -0.475 e. The first-order valence-electron chi connectivity index (χ1n) is 17.0. The van der Waals surface area contributed by atoms with Crippen molar-refractivity contribution in [2.75, 3.05) is 29.9 Å². The number of sulfonamides is 1. The Balaban J connectivity index is 0.00000109. The second kappa shape index (κ2) is 19.9. The van der Waals surface area contributed by atoms with Crippen LogP contribution in [0, 0.1) is 0 Å². The minimum absolute atomic E-state index is 0.0944. The molecule has 4 rings (SSSR count). The predicted octanol–water partition coefficient (Wildman–Crippen LogP) is 4.44. The molecular formula is C37H44F3N7O7S2. The van der Waals surface area contributed by atoms with Crippen molar-refractivity contribution in [3.63, 3.8) is 0 Å². The number of carbonyl (C=O) groups is 4. The molecule has 4 aromatic rings. The van der Waals surface area contributed by atoms with Crippen LogP contribution < -0.4 is 31.3 Å². The van der Waals surface area contributed by atoms with E-state index in [4.69, 9.17) is 15.6 Å². The number of amides is 3. The summed E-state index contributed by atoms with van der Waals surface area (Å²) in [5.41, 5.74) is 11.0. The molecule has 0 aliphatic rings. The molecule has 4 atom stereocenters. The van der Waals surface area contributed by atoms with E-state index in [0.29, 0.717) is 12.1 Å². The maximum absolute atomic E-state index is 13.8. The number of hydrogen-bond acceptors (Lipinski definition) is 10. The number of alkyl halides is 3. The number of carboxylic acids is 1. The van der Waals surface area contributed by atoms with E-state index in [9.17, 15) is 36.0 Å². The highest BCUT2D eigenvalue weighted by Gasteiger charge is 2.38. The molecular weight excluding hydrogens is 776 g/mol. The average molecular weight is 820 g/mol. The molecule has 0 saturated carbocycles. The number of hydrogen-bond donors (Lipinski definition) is 6. The summed E-state index contributed by atoms with van der Waals surface area (Å²) < 4.78 is 57.7. The van der Waals surface area contributed by atoms with Gasteiger partial charge in [-0.2, -0.15) is 13.2 Å². The van der Waals surface area contributed by atoms with Crippen LogP contribution in [0.4, 0.5) is 24.5 Å². The number of nitrogens with zero attached hydrogens (tertiary/aromatic N) is 2. The summed E-state index contributed by atoms with van der Waals surface area (Å²) in [5, 5.41) is 21.1. The topological polar surface area (TPSA) is 213 Å². The minimum atomic E-state index is -5.08. The van der Waals surface area contributed by atoms with Gasteiger partial charge in [-0.3, -0.25) is 18.7 Å². The van der Waals surface area contributed by atoms with Crippen LogP contribution in [-0.2, 0) is 26.0 Å². The van der Waals surface area contributed by atoms with Crippen LogP contribution in [0.3, 0.4) is 0 Å². The molecule has 0 bridgehead atoms. The van der Waals surface area contributed by atoms with Gasteiger partial charge in [0.25, 0.3) is 11.8 Å². The summed E-state index contributed by atoms with van der Waals surface area (Å²) in [6.07, 6.45) is -3.68. The van der Waals surface area contributed by atoms with Gasteiger partial charge < -0.3 is 32.1 Å². The molecule has 1 heterocycles. The Kier molecular flexibility index (Phi) is 15.9. The monoisotopic (exact) mass is 819 g/mol. The summed E-state index contributed by atoms with van der Waals surface area (Å²) in [6.45, 7) is 5.67. The van der Waals surface area contributed by atoms with Crippen molar-refractivity contribution in [1.29, 1.82) is 0 Å². The number of rotatable bonds is 15. The number of aromatic nitrogens is 1. The van der Waals surface area contributed by atoms with Crippen molar-refractivity contribution in [2.45, 2.75) is 57.5 Å². The second-order valence-electron chi connectivity index (χ2n) is 12.8. The third kappa shape index (κ3) is 14.0. The Morgan fingerprint density at radius 1 is 0.875 bits per heavy atom. The molecule has 14 nitrogen and oxygen atoms in total. The Labute approximate surface area is 326 Å². The first kappa shape index (κ1) is 44.9. The van der Waals surface area contributed by atoms with Gasteiger partial charge in [0.15, 0.2) is 0 Å². The van der Waals surface area contributed by atoms with E-state index in [0.717, 1.165) is 27.4 Å². The molecule has 0 saturated heterocycles. The molecule has 0 radical (unpaired) electrons. The first-order chi connectivity index (χ1) is 26.1. The fourth-order valence-corrected chi connectivity index (χ4v) is 6.06. The lowest BCUT2D eigenvalue weighted by atomic mass is 10.0. The number of carboxylic acid groups (broad SMARTS) is 1. The van der Waals surface area contributed by atoms with Gasteiger partial charge >= 0.3 is 12.1 Å². The van der Waals surface area contributed by atoms with Crippen molar-refractivity contribution in [3.05, 3.63) is 112 Å². The third-order valence-electron chi connectivity index (χ3n) is 8.33. The summed E-state index contributed by atoms with van der Waals surface area (Å²) in [4.78, 5) is 53.5. The largest absolute Gasteiger partial charge is 0.490 e. The Hall–Kier alpha value is -5.53. The summed E-state index contributed by atoms with van der Waals surface area (Å²) in [6, 6.07) is 19.3. The number of benzene rings is 3. The van der Waals surface area contributed by atoms with Crippen LogP contribution in [0.25, 0.3) is 0 Å². The van der Waals surface area contributed by atoms with E-state index in [1.165, 1.54) is 36.6 Å². The van der Waals surface area contributed by atoms with Crippen LogP contribution >= 0.6 is 11.3 Å². The highest BCUT2D eigenvalue weighted by atomic mass is 32.2. The lowest BCUT2D eigenvalue weighted by Crippen LogP contribution is -2.50. The molecule has 0 spiro atoms. The number of carbonyl (C=O) groups excluding carboxylic acids is 3. The van der Waals surface area contributed by atoms with Crippen molar-refractivity contribution in [3.8, 4) is 0 Å². The predicted molar refractivity (Wildman–Crippen MR) is 208 cm³/mol. The highest BCUT2D eigenvalue weighted by Crippen LogP contribution is 2.22. The molecule has 1 aromatic heterocycles. The van der Waals surface area contributed by atoms with Crippen LogP contribution in [0.5, 0.6) is 0 Å². The van der Waals surface area contributed by atoms with Crippen LogP contribution in [0.1, 0.15) is 70.4 Å². The maximum atomic E-state index is 13.8. The number of nitrogens with two attached hydrogens (primary N) is 1.